The summed E-state index contributed by atoms with van der Waals surface area (Å²) >= 11 is 12.2. The van der Waals surface area contributed by atoms with Crippen LogP contribution in [0.4, 0.5) is 0 Å². The predicted molar refractivity (Wildman–Crippen MR) is 83.4 cm³/mol. The van der Waals surface area contributed by atoms with Crippen LogP contribution < -0.4 is 5.32 Å². The molecule has 1 amide bonds. The molecule has 2 nitrogen and oxygen atoms in total. The Morgan fingerprint density at radius 3 is 2.45 bits per heavy atom. The summed E-state index contributed by atoms with van der Waals surface area (Å²) in [4.78, 5) is 10.4. The van der Waals surface area contributed by atoms with Crippen molar-refractivity contribution in [1.82, 2.24) is 5.32 Å². The van der Waals surface area contributed by atoms with E-state index in [2.05, 4.69) is 11.4 Å². The molecule has 2 rings (SSSR count). The zero-order valence-corrected chi connectivity index (χ0v) is 12.6. The molecule has 4 heteroatoms. The van der Waals surface area contributed by atoms with Gasteiger partial charge in [-0.3, -0.25) is 4.79 Å². The zero-order valence-electron chi connectivity index (χ0n) is 11.1. The number of amides is 1. The zero-order chi connectivity index (χ0) is 14.5. The molecule has 0 atom stereocenters. The second-order valence-corrected chi connectivity index (χ2v) is 5.52. The van der Waals surface area contributed by atoms with Crippen molar-refractivity contribution in [3.8, 4) is 0 Å². The lowest BCUT2D eigenvalue weighted by Crippen LogP contribution is -2.11. The number of rotatable bonds is 5. The fraction of sp³-hybridized carbons (Fsp3) is 0.188. The van der Waals surface area contributed by atoms with Gasteiger partial charge in [0.25, 0.3) is 0 Å². The Labute approximate surface area is 128 Å². The van der Waals surface area contributed by atoms with E-state index in [0.717, 1.165) is 33.7 Å². The van der Waals surface area contributed by atoms with Crippen molar-refractivity contribution in [3.05, 3.63) is 68.7 Å². The van der Waals surface area contributed by atoms with Gasteiger partial charge in [-0.2, -0.15) is 0 Å². The largest absolute Gasteiger partial charge is 0.355 e. The van der Waals surface area contributed by atoms with E-state index in [4.69, 9.17) is 23.2 Å². The topological polar surface area (TPSA) is 29.1 Å². The molecule has 0 heterocycles. The van der Waals surface area contributed by atoms with Crippen LogP contribution in [-0.2, 0) is 17.8 Å². The average molecular weight is 308 g/mol. The van der Waals surface area contributed by atoms with Crippen LogP contribution in [0.1, 0.15) is 22.3 Å². The van der Waals surface area contributed by atoms with Gasteiger partial charge in [0, 0.05) is 16.6 Å². The van der Waals surface area contributed by atoms with Crippen LogP contribution in [0.2, 0.25) is 10.0 Å². The number of hydrogen-bond acceptors (Lipinski definition) is 1. The molecule has 2 aromatic carbocycles. The van der Waals surface area contributed by atoms with Crippen molar-refractivity contribution in [2.45, 2.75) is 19.9 Å². The Kier molecular flexibility index (Phi) is 5.05. The third kappa shape index (κ3) is 3.75. The van der Waals surface area contributed by atoms with Crippen LogP contribution >= 0.6 is 23.2 Å². The molecule has 0 aromatic heterocycles. The molecule has 0 aliphatic rings. The van der Waals surface area contributed by atoms with Gasteiger partial charge in [-0.25, -0.2) is 0 Å². The van der Waals surface area contributed by atoms with Crippen LogP contribution in [0, 0.1) is 6.92 Å². The van der Waals surface area contributed by atoms with E-state index in [0.29, 0.717) is 18.0 Å². The molecule has 0 saturated carbocycles. The van der Waals surface area contributed by atoms with E-state index in [1.165, 1.54) is 0 Å². The first-order chi connectivity index (χ1) is 9.60. The average Bonchev–Trinajstić information content (AvgIpc) is 2.43. The quantitative estimate of drug-likeness (QED) is 0.826. The third-order valence-electron chi connectivity index (χ3n) is 3.19. The molecule has 0 bridgehead atoms. The smallest absolute Gasteiger partial charge is 0.207 e. The molecule has 20 heavy (non-hydrogen) atoms. The van der Waals surface area contributed by atoms with Crippen LogP contribution in [0.5, 0.6) is 0 Å². The van der Waals surface area contributed by atoms with Crippen molar-refractivity contribution in [1.29, 1.82) is 0 Å². The van der Waals surface area contributed by atoms with Crippen LogP contribution in [0.25, 0.3) is 0 Å². The van der Waals surface area contributed by atoms with Crippen molar-refractivity contribution in [3.63, 3.8) is 0 Å². The van der Waals surface area contributed by atoms with Gasteiger partial charge in [0.15, 0.2) is 0 Å². The van der Waals surface area contributed by atoms with Crippen molar-refractivity contribution in [2.24, 2.45) is 0 Å². The summed E-state index contributed by atoms with van der Waals surface area (Å²) in [7, 11) is 0. The van der Waals surface area contributed by atoms with Crippen LogP contribution in [0.15, 0.2) is 36.4 Å². The number of halogens is 2. The molecule has 0 fully saturated rings. The first-order valence-electron chi connectivity index (χ1n) is 6.29. The Morgan fingerprint density at radius 1 is 1.10 bits per heavy atom. The van der Waals surface area contributed by atoms with Gasteiger partial charge in [-0.15, -0.1) is 0 Å². The predicted octanol–water partition coefficient (Wildman–Crippen LogP) is 4.14. The Morgan fingerprint density at radius 2 is 1.80 bits per heavy atom. The maximum Gasteiger partial charge on any atom is 0.207 e. The van der Waals surface area contributed by atoms with Gasteiger partial charge in [0.2, 0.25) is 6.41 Å². The minimum absolute atomic E-state index is 0.496. The fourth-order valence-electron chi connectivity index (χ4n) is 2.08. The molecule has 0 unspecified atom stereocenters. The normalized spacial score (nSPS) is 10.3. The molecule has 1 N–H and O–H groups in total. The number of carbonyl (C=O) groups excluding carboxylic acids is 1. The molecule has 0 spiro atoms. The van der Waals surface area contributed by atoms with Gasteiger partial charge in [0.1, 0.15) is 0 Å². The highest BCUT2D eigenvalue weighted by Crippen LogP contribution is 2.24. The molecular formula is C16H15Cl2NO. The van der Waals surface area contributed by atoms with E-state index in [9.17, 15) is 4.79 Å². The summed E-state index contributed by atoms with van der Waals surface area (Å²) < 4.78 is 0. The number of hydrogen-bond donors (Lipinski definition) is 1. The molecule has 0 aliphatic carbocycles. The second-order valence-electron chi connectivity index (χ2n) is 4.67. The highest BCUT2D eigenvalue weighted by molar-refractivity contribution is 6.31. The minimum atomic E-state index is 0.496. The molecular weight excluding hydrogens is 293 g/mol. The summed E-state index contributed by atoms with van der Waals surface area (Å²) in [5.74, 6) is 0. The lowest BCUT2D eigenvalue weighted by Gasteiger charge is -2.11. The van der Waals surface area contributed by atoms with Gasteiger partial charge in [-0.05, 0) is 53.8 Å². The van der Waals surface area contributed by atoms with Gasteiger partial charge in [0.05, 0.1) is 0 Å². The van der Waals surface area contributed by atoms with E-state index in [1.54, 1.807) is 0 Å². The summed E-state index contributed by atoms with van der Waals surface area (Å²) in [5, 5.41) is 4.10. The maximum absolute atomic E-state index is 10.4. The number of nitrogens with one attached hydrogen (secondary N) is 1. The number of benzene rings is 2. The van der Waals surface area contributed by atoms with Crippen molar-refractivity contribution >= 4 is 29.6 Å². The number of aryl methyl sites for hydroxylation is 1. The Balaban J connectivity index is 2.22. The van der Waals surface area contributed by atoms with Gasteiger partial charge in [-0.1, -0.05) is 41.4 Å². The first-order valence-corrected chi connectivity index (χ1v) is 7.05. The summed E-state index contributed by atoms with van der Waals surface area (Å²) in [6.07, 6.45) is 1.45. The van der Waals surface area contributed by atoms with Crippen molar-refractivity contribution < 1.29 is 4.79 Å². The summed E-state index contributed by atoms with van der Waals surface area (Å²) in [6.45, 7) is 2.51. The van der Waals surface area contributed by atoms with Crippen LogP contribution in [0.3, 0.4) is 0 Å². The number of carbonyl (C=O) groups is 1. The third-order valence-corrected chi connectivity index (χ3v) is 3.79. The SMILES string of the molecule is Cc1cc(Cc2ccc(Cl)cc2)c(Cl)cc1CNC=O. The molecule has 0 saturated heterocycles. The summed E-state index contributed by atoms with van der Waals surface area (Å²) in [6, 6.07) is 11.7. The monoisotopic (exact) mass is 307 g/mol. The molecule has 2 aromatic rings. The Bertz CT molecular complexity index is 609. The van der Waals surface area contributed by atoms with Gasteiger partial charge >= 0.3 is 0 Å². The van der Waals surface area contributed by atoms with Crippen LogP contribution in [-0.4, -0.2) is 6.41 Å². The maximum atomic E-state index is 10.4. The lowest BCUT2D eigenvalue weighted by molar-refractivity contribution is -0.109. The fourth-order valence-corrected chi connectivity index (χ4v) is 2.46. The van der Waals surface area contributed by atoms with E-state index < -0.39 is 0 Å². The highest BCUT2D eigenvalue weighted by atomic mass is 35.5. The first kappa shape index (κ1) is 14.9. The lowest BCUT2D eigenvalue weighted by atomic mass is 9.99. The minimum Gasteiger partial charge on any atom is -0.355 e. The molecule has 0 radical (unpaired) electrons. The van der Waals surface area contributed by atoms with E-state index in [-0.39, 0.29) is 0 Å². The second kappa shape index (κ2) is 6.78. The van der Waals surface area contributed by atoms with E-state index >= 15 is 0 Å². The summed E-state index contributed by atoms with van der Waals surface area (Å²) in [5.41, 5.74) is 4.38. The molecule has 0 aliphatic heterocycles. The standard InChI is InChI=1S/C16H15Cl2NO/c1-11-6-13(7-12-2-4-15(17)5-3-12)16(18)8-14(11)9-19-10-20/h2-6,8,10H,7,9H2,1H3,(H,19,20). The van der Waals surface area contributed by atoms with Gasteiger partial charge < -0.3 is 5.32 Å². The van der Waals surface area contributed by atoms with E-state index in [1.807, 2.05) is 37.3 Å². The Hall–Kier alpha value is -1.51. The van der Waals surface area contributed by atoms with Crippen molar-refractivity contribution in [2.75, 3.05) is 0 Å². The highest BCUT2D eigenvalue weighted by Gasteiger charge is 2.07. The molecule has 104 valence electrons.